The van der Waals surface area contributed by atoms with Crippen LogP contribution in [0, 0.1) is 6.92 Å². The van der Waals surface area contributed by atoms with Gasteiger partial charge in [0.15, 0.2) is 5.78 Å². The molecule has 0 spiro atoms. The number of halogens is 3. The molecule has 0 saturated carbocycles. The van der Waals surface area contributed by atoms with Crippen molar-refractivity contribution in [3.8, 4) is 22.7 Å². The van der Waals surface area contributed by atoms with Gasteiger partial charge in [0.1, 0.15) is 17.6 Å². The highest BCUT2D eigenvalue weighted by Gasteiger charge is 2.34. The zero-order valence-corrected chi connectivity index (χ0v) is 21.6. The van der Waals surface area contributed by atoms with Gasteiger partial charge in [-0.15, -0.1) is 10.2 Å². The van der Waals surface area contributed by atoms with E-state index in [2.05, 4.69) is 25.1 Å². The van der Waals surface area contributed by atoms with E-state index in [4.69, 9.17) is 9.41 Å². The fourth-order valence-electron chi connectivity index (χ4n) is 4.63. The maximum absolute atomic E-state index is 13.5. The number of pyridine rings is 1. The molecule has 1 aliphatic heterocycles. The standard InChI is InChI=1S/C30H21F3N6O2/c1-17-34-15-20(16-35-17)28-22(11-12-25(37-28)30(31,32)33)29-39-38-26(41-29)14-23-24(40)13-19-9-5-6-10-21(19)27(36-23)18-7-3-2-4-8-18/h2-12,15-16,23H,13-14H2,1H3/t23-/m1/s1. The number of Topliss-reactive ketones (excluding diaryl/α,β-unsaturated/α-hetero) is 1. The molecule has 0 N–H and O–H groups in total. The summed E-state index contributed by atoms with van der Waals surface area (Å²) in [6.45, 7) is 1.66. The van der Waals surface area contributed by atoms with Gasteiger partial charge in [-0.25, -0.2) is 15.0 Å². The minimum atomic E-state index is -4.66. The van der Waals surface area contributed by atoms with E-state index in [-0.39, 0.29) is 47.2 Å². The SMILES string of the molecule is Cc1ncc(-c2nc(C(F)(F)F)ccc2-c2nnc(C[C@H]3N=C(c4ccccc4)c4ccccc4CC3=O)o2)cn1. The number of aryl methyl sites for hydroxylation is 1. The van der Waals surface area contributed by atoms with Gasteiger partial charge in [0.25, 0.3) is 0 Å². The molecule has 0 bridgehead atoms. The fraction of sp³-hybridized carbons (Fsp3) is 0.167. The molecular weight excluding hydrogens is 533 g/mol. The Kier molecular flexibility index (Phi) is 6.70. The summed E-state index contributed by atoms with van der Waals surface area (Å²) < 4.78 is 46.3. The van der Waals surface area contributed by atoms with Crippen LogP contribution in [0.2, 0.25) is 0 Å². The van der Waals surface area contributed by atoms with Crippen molar-refractivity contribution < 1.29 is 22.4 Å². The minimum Gasteiger partial charge on any atom is -0.421 e. The van der Waals surface area contributed by atoms with E-state index in [9.17, 15) is 18.0 Å². The van der Waals surface area contributed by atoms with Crippen molar-refractivity contribution in [2.24, 2.45) is 4.99 Å². The number of carbonyl (C=O) groups is 1. The largest absolute Gasteiger partial charge is 0.433 e. The topological polar surface area (TPSA) is 107 Å². The summed E-state index contributed by atoms with van der Waals surface area (Å²) in [4.78, 5) is 30.1. The summed E-state index contributed by atoms with van der Waals surface area (Å²) in [6.07, 6.45) is -1.69. The number of aliphatic imine (C=N–C) groups is 1. The van der Waals surface area contributed by atoms with E-state index >= 15 is 0 Å². The summed E-state index contributed by atoms with van der Waals surface area (Å²) in [5, 5.41) is 8.17. The zero-order chi connectivity index (χ0) is 28.6. The maximum atomic E-state index is 13.5. The second kappa shape index (κ2) is 10.5. The van der Waals surface area contributed by atoms with Crippen LogP contribution in [-0.4, -0.2) is 42.7 Å². The molecule has 8 nitrogen and oxygen atoms in total. The lowest BCUT2D eigenvalue weighted by molar-refractivity contribution is -0.141. The molecule has 41 heavy (non-hydrogen) atoms. The van der Waals surface area contributed by atoms with Gasteiger partial charge in [0, 0.05) is 35.5 Å². The van der Waals surface area contributed by atoms with Crippen LogP contribution in [0.1, 0.15) is 34.1 Å². The van der Waals surface area contributed by atoms with Crippen LogP contribution in [0.25, 0.3) is 22.7 Å². The molecule has 0 saturated heterocycles. The van der Waals surface area contributed by atoms with Crippen LogP contribution in [-0.2, 0) is 23.8 Å². The van der Waals surface area contributed by atoms with Gasteiger partial charge >= 0.3 is 6.18 Å². The highest BCUT2D eigenvalue weighted by molar-refractivity contribution is 6.16. The number of aromatic nitrogens is 5. The molecule has 3 aromatic heterocycles. The summed E-state index contributed by atoms with van der Waals surface area (Å²) in [5.74, 6) is 0.407. The molecule has 0 unspecified atom stereocenters. The number of benzene rings is 2. The maximum Gasteiger partial charge on any atom is 0.433 e. The van der Waals surface area contributed by atoms with Gasteiger partial charge in [-0.05, 0) is 24.6 Å². The van der Waals surface area contributed by atoms with Crippen LogP contribution in [0.15, 0.2) is 88.5 Å². The number of alkyl halides is 3. The average Bonchev–Trinajstić information content (AvgIpc) is 3.38. The van der Waals surface area contributed by atoms with Crippen molar-refractivity contribution in [3.63, 3.8) is 0 Å². The Labute approximate surface area is 232 Å². The number of ketones is 1. The molecular formula is C30H21F3N6O2. The summed E-state index contributed by atoms with van der Waals surface area (Å²) in [5.41, 5.74) is 2.60. The summed E-state index contributed by atoms with van der Waals surface area (Å²) in [6, 6.07) is 18.5. The predicted molar refractivity (Wildman–Crippen MR) is 143 cm³/mol. The molecule has 1 atom stereocenters. The Bertz CT molecular complexity index is 1770. The van der Waals surface area contributed by atoms with Crippen molar-refractivity contribution in [2.45, 2.75) is 32.0 Å². The third kappa shape index (κ3) is 5.38. The van der Waals surface area contributed by atoms with Crippen LogP contribution in [0.3, 0.4) is 0 Å². The smallest absolute Gasteiger partial charge is 0.421 e. The van der Waals surface area contributed by atoms with E-state index < -0.39 is 17.9 Å². The average molecular weight is 555 g/mol. The van der Waals surface area contributed by atoms with Crippen LogP contribution >= 0.6 is 0 Å². The Hall–Kier alpha value is -5.06. The third-order valence-corrected chi connectivity index (χ3v) is 6.65. The zero-order valence-electron chi connectivity index (χ0n) is 21.6. The molecule has 5 aromatic rings. The van der Waals surface area contributed by atoms with Crippen LogP contribution < -0.4 is 0 Å². The Morgan fingerprint density at radius 2 is 1.61 bits per heavy atom. The summed E-state index contributed by atoms with van der Waals surface area (Å²) >= 11 is 0. The Morgan fingerprint density at radius 1 is 0.878 bits per heavy atom. The van der Waals surface area contributed by atoms with E-state index in [1.807, 2.05) is 54.6 Å². The lowest BCUT2D eigenvalue weighted by Crippen LogP contribution is -2.23. The van der Waals surface area contributed by atoms with Crippen molar-refractivity contribution in [3.05, 3.63) is 113 Å². The third-order valence-electron chi connectivity index (χ3n) is 6.65. The van der Waals surface area contributed by atoms with Crippen molar-refractivity contribution >= 4 is 11.5 Å². The number of carbonyl (C=O) groups excluding carboxylic acids is 1. The molecule has 0 aliphatic carbocycles. The first-order valence-electron chi connectivity index (χ1n) is 12.7. The van der Waals surface area contributed by atoms with Gasteiger partial charge in [0.2, 0.25) is 11.8 Å². The number of nitrogens with zero attached hydrogens (tertiary/aromatic N) is 6. The second-order valence-corrected chi connectivity index (χ2v) is 9.47. The lowest BCUT2D eigenvalue weighted by atomic mass is 9.95. The normalized spacial score (nSPS) is 15.3. The van der Waals surface area contributed by atoms with Gasteiger partial charge in [-0.3, -0.25) is 9.79 Å². The van der Waals surface area contributed by atoms with Crippen molar-refractivity contribution in [2.75, 3.05) is 0 Å². The highest BCUT2D eigenvalue weighted by atomic mass is 19.4. The molecule has 1 aliphatic rings. The van der Waals surface area contributed by atoms with Crippen LogP contribution in [0.4, 0.5) is 13.2 Å². The van der Waals surface area contributed by atoms with E-state index in [1.165, 1.54) is 18.5 Å². The monoisotopic (exact) mass is 554 g/mol. The van der Waals surface area contributed by atoms with Crippen LogP contribution in [0.5, 0.6) is 0 Å². The molecule has 204 valence electrons. The van der Waals surface area contributed by atoms with E-state index in [1.54, 1.807) is 6.92 Å². The van der Waals surface area contributed by atoms with Gasteiger partial charge < -0.3 is 4.42 Å². The quantitative estimate of drug-likeness (QED) is 0.283. The highest BCUT2D eigenvalue weighted by Crippen LogP contribution is 2.35. The molecule has 4 heterocycles. The lowest BCUT2D eigenvalue weighted by Gasteiger charge is -2.11. The van der Waals surface area contributed by atoms with Gasteiger partial charge in [-0.1, -0.05) is 54.6 Å². The van der Waals surface area contributed by atoms with Gasteiger partial charge in [0.05, 0.1) is 23.4 Å². The molecule has 0 fully saturated rings. The van der Waals surface area contributed by atoms with Crippen molar-refractivity contribution in [1.29, 1.82) is 0 Å². The second-order valence-electron chi connectivity index (χ2n) is 9.47. The number of hydrogen-bond donors (Lipinski definition) is 0. The first kappa shape index (κ1) is 26.2. The van der Waals surface area contributed by atoms with Gasteiger partial charge in [-0.2, -0.15) is 13.2 Å². The molecule has 11 heteroatoms. The number of rotatable bonds is 5. The molecule has 0 amide bonds. The van der Waals surface area contributed by atoms with E-state index in [0.29, 0.717) is 11.5 Å². The molecule has 2 aromatic carbocycles. The summed E-state index contributed by atoms with van der Waals surface area (Å²) in [7, 11) is 0. The number of fused-ring (bicyclic) bond motifs is 1. The minimum absolute atomic E-state index is 0.0210. The van der Waals surface area contributed by atoms with Crippen molar-refractivity contribution in [1.82, 2.24) is 25.1 Å². The number of hydrogen-bond acceptors (Lipinski definition) is 8. The Balaban J connectivity index is 1.37. The predicted octanol–water partition coefficient (Wildman–Crippen LogP) is 5.49. The van der Waals surface area contributed by atoms with E-state index in [0.717, 1.165) is 22.8 Å². The first-order chi connectivity index (χ1) is 19.8. The molecule has 6 rings (SSSR count). The molecule has 0 radical (unpaired) electrons. The first-order valence-corrected chi connectivity index (χ1v) is 12.7. The fourth-order valence-corrected chi connectivity index (χ4v) is 4.63. The Morgan fingerprint density at radius 3 is 2.37 bits per heavy atom.